The molecule has 17 heavy (non-hydrogen) atoms. The Morgan fingerprint density at radius 1 is 1.29 bits per heavy atom. The third kappa shape index (κ3) is 2.41. The Hall–Kier alpha value is -1.18. The Kier molecular flexibility index (Phi) is 3.47. The summed E-state index contributed by atoms with van der Waals surface area (Å²) in [7, 11) is 0. The van der Waals surface area contributed by atoms with E-state index >= 15 is 0 Å². The summed E-state index contributed by atoms with van der Waals surface area (Å²) < 4.78 is 63.8. The van der Waals surface area contributed by atoms with Crippen LogP contribution in [-0.2, 0) is 0 Å². The van der Waals surface area contributed by atoms with Gasteiger partial charge >= 0.3 is 12.1 Å². The average molecular weight is 257 g/mol. The first kappa shape index (κ1) is 13.9. The topological polar surface area (TPSA) is 43.8 Å². The van der Waals surface area contributed by atoms with Crippen molar-refractivity contribution >= 4 is 0 Å². The maximum atomic E-state index is 13.2. The van der Waals surface area contributed by atoms with E-state index in [4.69, 9.17) is 5.73 Å². The minimum absolute atomic E-state index is 0.210. The Bertz CT molecular complexity index is 396. The number of nitrogens with two attached hydrogens (primary N) is 1. The highest BCUT2D eigenvalue weighted by molar-refractivity contribution is 5.09. The van der Waals surface area contributed by atoms with Gasteiger partial charge in [0.15, 0.2) is 0 Å². The molecule has 0 aromatic carbocycles. The van der Waals surface area contributed by atoms with Crippen LogP contribution in [0.25, 0.3) is 0 Å². The summed E-state index contributed by atoms with van der Waals surface area (Å²) in [5, 5.41) is 3.62. The van der Waals surface area contributed by atoms with Crippen LogP contribution in [-0.4, -0.2) is 28.4 Å². The second kappa shape index (κ2) is 4.25. The van der Waals surface area contributed by atoms with Crippen LogP contribution in [0.2, 0.25) is 0 Å². The lowest BCUT2D eigenvalue weighted by Gasteiger charge is -2.28. The van der Waals surface area contributed by atoms with Crippen LogP contribution in [0.15, 0.2) is 6.07 Å². The van der Waals surface area contributed by atoms with E-state index in [9.17, 15) is 22.0 Å². The molecule has 3 nitrogen and oxygen atoms in total. The molecule has 1 heterocycles. The van der Waals surface area contributed by atoms with Crippen molar-refractivity contribution in [1.82, 2.24) is 9.78 Å². The maximum absolute atomic E-state index is 13.2. The molecule has 0 saturated carbocycles. The van der Waals surface area contributed by atoms with E-state index in [-0.39, 0.29) is 5.69 Å². The third-order valence-corrected chi connectivity index (χ3v) is 2.36. The van der Waals surface area contributed by atoms with E-state index < -0.39 is 24.7 Å². The van der Waals surface area contributed by atoms with Crippen molar-refractivity contribution < 1.29 is 22.0 Å². The van der Waals surface area contributed by atoms with Gasteiger partial charge in [-0.25, -0.2) is 0 Å². The van der Waals surface area contributed by atoms with Gasteiger partial charge < -0.3 is 5.73 Å². The number of alkyl halides is 5. The van der Waals surface area contributed by atoms with Crippen molar-refractivity contribution in [3.63, 3.8) is 0 Å². The molecule has 1 unspecified atom stereocenters. The molecule has 0 bridgehead atoms. The van der Waals surface area contributed by atoms with E-state index in [1.807, 2.05) is 0 Å². The van der Waals surface area contributed by atoms with Gasteiger partial charge in [0, 0.05) is 12.2 Å². The zero-order valence-electron chi connectivity index (χ0n) is 9.22. The van der Waals surface area contributed by atoms with Gasteiger partial charge in [0.05, 0.1) is 5.69 Å². The molecule has 1 aromatic heterocycles. The minimum atomic E-state index is -5.65. The van der Waals surface area contributed by atoms with E-state index in [0.717, 1.165) is 0 Å². The first-order valence-corrected chi connectivity index (χ1v) is 4.78. The van der Waals surface area contributed by atoms with Gasteiger partial charge in [-0.05, 0) is 19.9 Å². The van der Waals surface area contributed by atoms with Crippen molar-refractivity contribution in [2.24, 2.45) is 5.73 Å². The fourth-order valence-electron chi connectivity index (χ4n) is 1.55. The van der Waals surface area contributed by atoms with Crippen LogP contribution in [0.1, 0.15) is 17.4 Å². The Labute approximate surface area is 94.4 Å². The monoisotopic (exact) mass is 257 g/mol. The van der Waals surface area contributed by atoms with Gasteiger partial charge in [0.25, 0.3) is 0 Å². The van der Waals surface area contributed by atoms with Gasteiger partial charge in [0.2, 0.25) is 0 Å². The van der Waals surface area contributed by atoms with E-state index in [0.29, 0.717) is 10.4 Å². The number of nitrogens with zero attached hydrogens (tertiary/aromatic N) is 2. The molecular weight excluding hydrogens is 245 g/mol. The molecule has 1 rings (SSSR count). The number of rotatable bonds is 3. The average Bonchev–Trinajstić information content (AvgIpc) is 2.44. The molecule has 1 atom stereocenters. The summed E-state index contributed by atoms with van der Waals surface area (Å²) in [6.07, 6.45) is -5.65. The summed E-state index contributed by atoms with van der Waals surface area (Å²) >= 11 is 0. The normalized spacial score (nSPS) is 15.1. The molecule has 0 aliphatic rings. The molecule has 0 aliphatic heterocycles. The van der Waals surface area contributed by atoms with Gasteiger partial charge in [0.1, 0.15) is 6.04 Å². The lowest BCUT2D eigenvalue weighted by molar-refractivity contribution is -0.298. The highest BCUT2D eigenvalue weighted by Crippen LogP contribution is 2.43. The highest BCUT2D eigenvalue weighted by Gasteiger charge is 2.63. The van der Waals surface area contributed by atoms with E-state index in [1.165, 1.54) is 19.9 Å². The molecule has 0 radical (unpaired) electrons. The summed E-state index contributed by atoms with van der Waals surface area (Å²) in [6.45, 7) is 2.05. The SMILES string of the molecule is Cc1cc(C)n(C(CN)C(F)(F)C(F)(F)F)n1. The number of halogens is 5. The molecule has 8 heteroatoms. The number of hydrogen-bond acceptors (Lipinski definition) is 2. The molecule has 1 aromatic rings. The first-order chi connectivity index (χ1) is 7.61. The van der Waals surface area contributed by atoms with Gasteiger partial charge in [-0.1, -0.05) is 0 Å². The van der Waals surface area contributed by atoms with Crippen LogP contribution in [0.4, 0.5) is 22.0 Å². The second-order valence-electron chi connectivity index (χ2n) is 3.74. The van der Waals surface area contributed by atoms with Crippen LogP contribution in [0.3, 0.4) is 0 Å². The molecular formula is C9H12F5N3. The van der Waals surface area contributed by atoms with Crippen molar-refractivity contribution in [1.29, 1.82) is 0 Å². The molecule has 0 saturated heterocycles. The smallest absolute Gasteiger partial charge is 0.328 e. The number of aryl methyl sites for hydroxylation is 2. The van der Waals surface area contributed by atoms with Gasteiger partial charge in [-0.3, -0.25) is 4.68 Å². The Morgan fingerprint density at radius 3 is 2.12 bits per heavy atom. The standard InChI is InChI=1S/C9H12F5N3/c1-5-3-6(2)17(16-5)7(4-15)8(10,11)9(12,13)14/h3,7H,4,15H2,1-2H3. The van der Waals surface area contributed by atoms with Gasteiger partial charge in [-0.15, -0.1) is 0 Å². The highest BCUT2D eigenvalue weighted by atomic mass is 19.4. The predicted octanol–water partition coefficient (Wildman–Crippen LogP) is 2.20. The first-order valence-electron chi connectivity index (χ1n) is 4.78. The number of aromatic nitrogens is 2. The quantitative estimate of drug-likeness (QED) is 0.843. The summed E-state index contributed by atoms with van der Waals surface area (Å²) in [4.78, 5) is 0. The summed E-state index contributed by atoms with van der Waals surface area (Å²) in [5.74, 6) is -4.91. The molecule has 0 spiro atoms. The zero-order valence-corrected chi connectivity index (χ0v) is 9.22. The third-order valence-electron chi connectivity index (χ3n) is 2.36. The molecule has 0 aliphatic carbocycles. The van der Waals surface area contributed by atoms with Crippen LogP contribution >= 0.6 is 0 Å². The lowest BCUT2D eigenvalue weighted by atomic mass is 10.1. The molecule has 0 fully saturated rings. The lowest BCUT2D eigenvalue weighted by Crippen LogP contribution is -2.48. The minimum Gasteiger partial charge on any atom is -0.328 e. The van der Waals surface area contributed by atoms with Crippen molar-refractivity contribution in [3.05, 3.63) is 17.5 Å². The van der Waals surface area contributed by atoms with Crippen LogP contribution in [0, 0.1) is 13.8 Å². The number of hydrogen-bond donors (Lipinski definition) is 1. The fraction of sp³-hybridized carbons (Fsp3) is 0.667. The Morgan fingerprint density at radius 2 is 1.82 bits per heavy atom. The predicted molar refractivity (Wildman–Crippen MR) is 50.8 cm³/mol. The van der Waals surface area contributed by atoms with Crippen LogP contribution in [0.5, 0.6) is 0 Å². The zero-order chi connectivity index (χ0) is 13.4. The summed E-state index contributed by atoms with van der Waals surface area (Å²) in [6, 6.07) is -0.814. The Balaban J connectivity index is 3.21. The van der Waals surface area contributed by atoms with Gasteiger partial charge in [-0.2, -0.15) is 27.1 Å². The van der Waals surface area contributed by atoms with E-state index in [1.54, 1.807) is 0 Å². The maximum Gasteiger partial charge on any atom is 0.455 e. The molecule has 2 N–H and O–H groups in total. The molecule has 0 amide bonds. The largest absolute Gasteiger partial charge is 0.455 e. The van der Waals surface area contributed by atoms with Crippen molar-refractivity contribution in [2.45, 2.75) is 32.0 Å². The summed E-state index contributed by atoms with van der Waals surface area (Å²) in [5.41, 5.74) is 5.60. The molecule has 98 valence electrons. The fourth-order valence-corrected chi connectivity index (χ4v) is 1.55. The van der Waals surface area contributed by atoms with Crippen LogP contribution < -0.4 is 5.73 Å². The second-order valence-corrected chi connectivity index (χ2v) is 3.74. The van der Waals surface area contributed by atoms with E-state index in [2.05, 4.69) is 5.10 Å². The van der Waals surface area contributed by atoms with Crippen molar-refractivity contribution in [3.8, 4) is 0 Å². The van der Waals surface area contributed by atoms with Crippen molar-refractivity contribution in [2.75, 3.05) is 6.54 Å².